The molecule has 2 aromatic rings. The summed E-state index contributed by atoms with van der Waals surface area (Å²) < 4.78 is 47.4. The molecule has 0 saturated heterocycles. The standard InChI is InChI=1S/C19H17ClF3NO3/c1-11(13-5-3-4-6-14(13)20)18(26,19(21,22)23)12-7-8-16-15(9-12)24(2)17(25)10-27-16/h3-9,11,26H,10H2,1-2H3. The van der Waals surface area contributed by atoms with Crippen LogP contribution in [0, 0.1) is 0 Å². The van der Waals surface area contributed by atoms with Crippen molar-refractivity contribution in [2.45, 2.75) is 24.6 Å². The zero-order valence-electron chi connectivity index (χ0n) is 14.5. The monoisotopic (exact) mass is 399 g/mol. The third-order valence-corrected chi connectivity index (χ3v) is 5.26. The topological polar surface area (TPSA) is 49.8 Å². The number of hydrogen-bond donors (Lipinski definition) is 1. The number of anilines is 1. The Hall–Kier alpha value is -2.25. The van der Waals surface area contributed by atoms with Gasteiger partial charge >= 0.3 is 6.18 Å². The van der Waals surface area contributed by atoms with Gasteiger partial charge in [0.2, 0.25) is 0 Å². The molecule has 27 heavy (non-hydrogen) atoms. The third-order valence-electron chi connectivity index (χ3n) is 4.92. The van der Waals surface area contributed by atoms with Crippen LogP contribution in [0.3, 0.4) is 0 Å². The predicted molar refractivity (Wildman–Crippen MR) is 95.2 cm³/mol. The van der Waals surface area contributed by atoms with Crippen LogP contribution in [0.2, 0.25) is 5.02 Å². The smallest absolute Gasteiger partial charge is 0.422 e. The summed E-state index contributed by atoms with van der Waals surface area (Å²) in [7, 11) is 1.44. The molecule has 0 saturated carbocycles. The number of nitrogens with zero attached hydrogens (tertiary/aromatic N) is 1. The van der Waals surface area contributed by atoms with E-state index >= 15 is 0 Å². The number of likely N-dealkylation sites (N-methyl/N-ethyl adjacent to an activating group) is 1. The van der Waals surface area contributed by atoms with E-state index in [1.165, 1.54) is 37.1 Å². The molecular weight excluding hydrogens is 383 g/mol. The molecule has 0 spiro atoms. The number of benzene rings is 2. The number of amides is 1. The highest BCUT2D eigenvalue weighted by Gasteiger charge is 2.59. The molecule has 2 aromatic carbocycles. The van der Waals surface area contributed by atoms with Gasteiger partial charge in [-0.05, 0) is 29.3 Å². The average Bonchev–Trinajstić information content (AvgIpc) is 2.63. The summed E-state index contributed by atoms with van der Waals surface area (Å²) in [5.74, 6) is -1.51. The van der Waals surface area contributed by atoms with E-state index in [9.17, 15) is 23.1 Å². The summed E-state index contributed by atoms with van der Waals surface area (Å²) in [6, 6.07) is 9.68. The Bertz CT molecular complexity index is 887. The van der Waals surface area contributed by atoms with Gasteiger partial charge in [-0.3, -0.25) is 4.79 Å². The number of fused-ring (bicyclic) bond motifs is 1. The second-order valence-corrected chi connectivity index (χ2v) is 6.84. The van der Waals surface area contributed by atoms with Gasteiger partial charge in [0, 0.05) is 18.0 Å². The van der Waals surface area contributed by atoms with Gasteiger partial charge in [0.1, 0.15) is 5.75 Å². The average molecular weight is 400 g/mol. The van der Waals surface area contributed by atoms with Crippen molar-refractivity contribution >= 4 is 23.2 Å². The summed E-state index contributed by atoms with van der Waals surface area (Å²) >= 11 is 6.07. The molecule has 144 valence electrons. The normalized spacial score (nSPS) is 17.7. The molecule has 4 nitrogen and oxygen atoms in total. The van der Waals surface area contributed by atoms with Crippen molar-refractivity contribution in [3.63, 3.8) is 0 Å². The number of carbonyl (C=O) groups is 1. The zero-order valence-corrected chi connectivity index (χ0v) is 15.3. The van der Waals surface area contributed by atoms with E-state index in [2.05, 4.69) is 0 Å². The minimum absolute atomic E-state index is 0.126. The molecule has 1 amide bonds. The van der Waals surface area contributed by atoms with Crippen LogP contribution in [0.15, 0.2) is 42.5 Å². The molecule has 1 aliphatic rings. The SMILES string of the molecule is CC(c1ccccc1Cl)C(O)(c1ccc2c(c1)N(C)C(=O)CO2)C(F)(F)F. The molecule has 0 radical (unpaired) electrons. The van der Waals surface area contributed by atoms with Crippen molar-refractivity contribution in [2.24, 2.45) is 0 Å². The summed E-state index contributed by atoms with van der Waals surface area (Å²) in [6.45, 7) is 1.07. The summed E-state index contributed by atoms with van der Waals surface area (Å²) in [5, 5.41) is 11.0. The van der Waals surface area contributed by atoms with E-state index in [-0.39, 0.29) is 28.6 Å². The molecule has 1 N–H and O–H groups in total. The summed E-state index contributed by atoms with van der Waals surface area (Å²) in [4.78, 5) is 13.0. The van der Waals surface area contributed by atoms with Gasteiger partial charge in [-0.15, -0.1) is 0 Å². The molecule has 1 heterocycles. The first-order valence-electron chi connectivity index (χ1n) is 8.14. The zero-order chi connectivity index (χ0) is 20.0. The minimum Gasteiger partial charge on any atom is -0.482 e. The van der Waals surface area contributed by atoms with Crippen molar-refractivity contribution in [2.75, 3.05) is 18.6 Å². The maximum atomic E-state index is 14.1. The fourth-order valence-corrected chi connectivity index (χ4v) is 3.52. The van der Waals surface area contributed by atoms with E-state index in [4.69, 9.17) is 16.3 Å². The lowest BCUT2D eigenvalue weighted by atomic mass is 9.77. The lowest BCUT2D eigenvalue weighted by molar-refractivity contribution is -0.274. The first-order valence-corrected chi connectivity index (χ1v) is 8.52. The molecule has 2 unspecified atom stereocenters. The van der Waals surface area contributed by atoms with Crippen LogP contribution in [0.4, 0.5) is 18.9 Å². The predicted octanol–water partition coefficient (Wildman–Crippen LogP) is 4.25. The summed E-state index contributed by atoms with van der Waals surface area (Å²) in [5.41, 5.74) is -3.28. The van der Waals surface area contributed by atoms with Crippen molar-refractivity contribution in [1.82, 2.24) is 0 Å². The molecule has 1 aliphatic heterocycles. The van der Waals surface area contributed by atoms with Gasteiger partial charge in [0.25, 0.3) is 5.91 Å². The molecule has 0 aromatic heterocycles. The van der Waals surface area contributed by atoms with Crippen LogP contribution < -0.4 is 9.64 Å². The van der Waals surface area contributed by atoms with E-state index in [1.54, 1.807) is 12.1 Å². The van der Waals surface area contributed by atoms with E-state index in [0.717, 1.165) is 12.1 Å². The second-order valence-electron chi connectivity index (χ2n) is 6.43. The van der Waals surface area contributed by atoms with Crippen molar-refractivity contribution in [3.8, 4) is 5.75 Å². The van der Waals surface area contributed by atoms with E-state index in [0.29, 0.717) is 0 Å². The maximum Gasteiger partial charge on any atom is 0.422 e. The second kappa shape index (κ2) is 6.73. The quantitative estimate of drug-likeness (QED) is 0.839. The van der Waals surface area contributed by atoms with E-state index < -0.39 is 29.2 Å². The largest absolute Gasteiger partial charge is 0.482 e. The van der Waals surface area contributed by atoms with Crippen LogP contribution in [0.1, 0.15) is 24.0 Å². The number of carbonyl (C=O) groups excluding carboxylic acids is 1. The third kappa shape index (κ3) is 3.15. The van der Waals surface area contributed by atoms with Gasteiger partial charge in [-0.1, -0.05) is 42.8 Å². The molecule has 2 atom stereocenters. The Balaban J connectivity index is 2.17. The summed E-state index contributed by atoms with van der Waals surface area (Å²) in [6.07, 6.45) is -4.99. The Kier molecular flexibility index (Phi) is 4.86. The van der Waals surface area contributed by atoms with Gasteiger partial charge in [0.05, 0.1) is 5.69 Å². The maximum absolute atomic E-state index is 14.1. The Morgan fingerprint density at radius 3 is 2.52 bits per heavy atom. The number of ether oxygens (including phenoxy) is 1. The van der Waals surface area contributed by atoms with Crippen LogP contribution >= 0.6 is 11.6 Å². The highest BCUT2D eigenvalue weighted by Crippen LogP contribution is 2.51. The van der Waals surface area contributed by atoms with Crippen LogP contribution in [-0.4, -0.2) is 30.8 Å². The number of aliphatic hydroxyl groups is 1. The number of hydrogen-bond acceptors (Lipinski definition) is 3. The van der Waals surface area contributed by atoms with Gasteiger partial charge < -0.3 is 14.7 Å². The number of halogens is 4. The first-order chi connectivity index (χ1) is 12.6. The first kappa shape index (κ1) is 19.5. The molecular formula is C19H17ClF3NO3. The number of rotatable bonds is 3. The lowest BCUT2D eigenvalue weighted by Crippen LogP contribution is -2.47. The molecule has 3 rings (SSSR count). The van der Waals surface area contributed by atoms with Crippen molar-refractivity contribution < 1.29 is 27.8 Å². The lowest BCUT2D eigenvalue weighted by Gasteiger charge is -2.38. The van der Waals surface area contributed by atoms with Crippen LogP contribution in [-0.2, 0) is 10.4 Å². The fraction of sp³-hybridized carbons (Fsp3) is 0.316. The van der Waals surface area contributed by atoms with Crippen molar-refractivity contribution in [3.05, 3.63) is 58.6 Å². The Morgan fingerprint density at radius 2 is 1.89 bits per heavy atom. The number of alkyl halides is 3. The molecule has 0 fully saturated rings. The molecule has 0 bridgehead atoms. The van der Waals surface area contributed by atoms with Gasteiger partial charge in [-0.25, -0.2) is 0 Å². The van der Waals surface area contributed by atoms with Crippen LogP contribution in [0.5, 0.6) is 5.75 Å². The van der Waals surface area contributed by atoms with Gasteiger partial charge in [-0.2, -0.15) is 13.2 Å². The van der Waals surface area contributed by atoms with E-state index in [1.807, 2.05) is 0 Å². The van der Waals surface area contributed by atoms with Crippen LogP contribution in [0.25, 0.3) is 0 Å². The van der Waals surface area contributed by atoms with Gasteiger partial charge in [0.15, 0.2) is 12.2 Å². The Morgan fingerprint density at radius 1 is 1.22 bits per heavy atom. The highest BCUT2D eigenvalue weighted by atomic mass is 35.5. The fourth-order valence-electron chi connectivity index (χ4n) is 3.22. The molecule has 0 aliphatic carbocycles. The molecule has 8 heteroatoms. The Labute approximate surface area is 159 Å². The van der Waals surface area contributed by atoms with Crippen molar-refractivity contribution in [1.29, 1.82) is 0 Å². The highest BCUT2D eigenvalue weighted by molar-refractivity contribution is 6.31. The minimum atomic E-state index is -4.99.